The van der Waals surface area contributed by atoms with Gasteiger partial charge in [0, 0.05) is 5.69 Å². The molecular weight excluding hydrogens is 248 g/mol. The van der Waals surface area contributed by atoms with E-state index in [1.165, 1.54) is 5.56 Å². The average molecular weight is 274 g/mol. The summed E-state index contributed by atoms with van der Waals surface area (Å²) in [5, 5.41) is 3.45. The van der Waals surface area contributed by atoms with E-state index in [9.17, 15) is 4.79 Å². The molecule has 1 aromatic carbocycles. The van der Waals surface area contributed by atoms with Crippen molar-refractivity contribution in [3.8, 4) is 0 Å². The summed E-state index contributed by atoms with van der Waals surface area (Å²) in [6.45, 7) is 8.70. The van der Waals surface area contributed by atoms with Crippen molar-refractivity contribution in [1.29, 1.82) is 0 Å². The van der Waals surface area contributed by atoms with Crippen LogP contribution in [0.25, 0.3) is 0 Å². The van der Waals surface area contributed by atoms with E-state index in [2.05, 4.69) is 45.1 Å². The first-order valence-electron chi connectivity index (χ1n) is 7.37. The zero-order chi connectivity index (χ0) is 15.0. The summed E-state index contributed by atoms with van der Waals surface area (Å²) in [7, 11) is 0. The number of hydrogen-bond donors (Lipinski definition) is 2. The van der Waals surface area contributed by atoms with Gasteiger partial charge in [-0.2, -0.15) is 0 Å². The molecule has 3 N–H and O–H groups in total. The SMILES string of the molecule is Cc1cccc(NC2(C(N)=O)CC(C)CC(C)(C)C2)c1. The van der Waals surface area contributed by atoms with Crippen molar-refractivity contribution < 1.29 is 4.79 Å². The molecule has 0 aromatic heterocycles. The maximum absolute atomic E-state index is 12.2. The molecule has 1 aromatic rings. The molecule has 0 aliphatic heterocycles. The Balaban J connectivity index is 2.32. The molecule has 1 saturated carbocycles. The highest BCUT2D eigenvalue weighted by Gasteiger charge is 2.46. The minimum atomic E-state index is -0.630. The van der Waals surface area contributed by atoms with Gasteiger partial charge in [-0.05, 0) is 55.2 Å². The molecule has 0 saturated heterocycles. The number of nitrogens with two attached hydrogens (primary N) is 1. The van der Waals surface area contributed by atoms with Crippen LogP contribution in [-0.4, -0.2) is 11.4 Å². The highest BCUT2D eigenvalue weighted by atomic mass is 16.1. The van der Waals surface area contributed by atoms with Gasteiger partial charge in [0.05, 0.1) is 0 Å². The Morgan fingerprint density at radius 3 is 2.60 bits per heavy atom. The summed E-state index contributed by atoms with van der Waals surface area (Å²) in [5.74, 6) is 0.252. The van der Waals surface area contributed by atoms with Crippen molar-refractivity contribution in [2.24, 2.45) is 17.1 Å². The second kappa shape index (κ2) is 5.12. The van der Waals surface area contributed by atoms with Crippen molar-refractivity contribution in [2.45, 2.75) is 52.5 Å². The van der Waals surface area contributed by atoms with Gasteiger partial charge in [0.25, 0.3) is 0 Å². The van der Waals surface area contributed by atoms with E-state index in [1.54, 1.807) is 0 Å². The van der Waals surface area contributed by atoms with Crippen LogP contribution in [0.1, 0.15) is 45.6 Å². The summed E-state index contributed by atoms with van der Waals surface area (Å²) < 4.78 is 0. The van der Waals surface area contributed by atoms with Gasteiger partial charge in [-0.15, -0.1) is 0 Å². The van der Waals surface area contributed by atoms with Crippen LogP contribution < -0.4 is 11.1 Å². The van der Waals surface area contributed by atoms with Crippen LogP contribution in [-0.2, 0) is 4.79 Å². The third-order valence-corrected chi connectivity index (χ3v) is 4.25. The Kier molecular flexibility index (Phi) is 3.81. The molecule has 3 nitrogen and oxygen atoms in total. The molecule has 1 aliphatic carbocycles. The molecule has 3 heteroatoms. The van der Waals surface area contributed by atoms with E-state index < -0.39 is 5.54 Å². The standard InChI is InChI=1S/C17H26N2O/c1-12-6-5-7-14(8-12)19-17(15(18)20)10-13(2)9-16(3,4)11-17/h5-8,13,19H,9-11H2,1-4H3,(H2,18,20). The van der Waals surface area contributed by atoms with Crippen LogP contribution in [0.2, 0.25) is 0 Å². The van der Waals surface area contributed by atoms with Crippen molar-refractivity contribution in [1.82, 2.24) is 0 Å². The van der Waals surface area contributed by atoms with E-state index in [1.807, 2.05) is 12.1 Å². The molecule has 0 heterocycles. The van der Waals surface area contributed by atoms with E-state index in [0.29, 0.717) is 5.92 Å². The first-order valence-corrected chi connectivity index (χ1v) is 7.37. The fourth-order valence-electron chi connectivity index (χ4n) is 3.92. The lowest BCUT2D eigenvalue weighted by molar-refractivity contribution is -0.125. The summed E-state index contributed by atoms with van der Waals surface area (Å²) >= 11 is 0. The predicted molar refractivity (Wildman–Crippen MR) is 83.5 cm³/mol. The number of carbonyl (C=O) groups excluding carboxylic acids is 1. The topological polar surface area (TPSA) is 55.1 Å². The molecule has 110 valence electrons. The molecule has 20 heavy (non-hydrogen) atoms. The van der Waals surface area contributed by atoms with Crippen LogP contribution in [0.5, 0.6) is 0 Å². The van der Waals surface area contributed by atoms with E-state index in [4.69, 9.17) is 5.73 Å². The smallest absolute Gasteiger partial charge is 0.243 e. The summed E-state index contributed by atoms with van der Waals surface area (Å²) in [6.07, 6.45) is 2.73. The first-order chi connectivity index (χ1) is 9.22. The van der Waals surface area contributed by atoms with E-state index in [0.717, 1.165) is 24.9 Å². The number of anilines is 1. The van der Waals surface area contributed by atoms with Gasteiger partial charge in [-0.3, -0.25) is 4.79 Å². The van der Waals surface area contributed by atoms with Crippen LogP contribution >= 0.6 is 0 Å². The molecule has 0 spiro atoms. The third kappa shape index (κ3) is 3.14. The van der Waals surface area contributed by atoms with E-state index in [-0.39, 0.29) is 11.3 Å². The van der Waals surface area contributed by atoms with Gasteiger partial charge in [0.2, 0.25) is 5.91 Å². The quantitative estimate of drug-likeness (QED) is 0.886. The summed E-state index contributed by atoms with van der Waals surface area (Å²) in [4.78, 5) is 12.2. The molecule has 0 radical (unpaired) electrons. The van der Waals surface area contributed by atoms with Gasteiger partial charge in [-0.1, -0.05) is 32.9 Å². The molecular formula is C17H26N2O. The van der Waals surface area contributed by atoms with Gasteiger partial charge in [0.1, 0.15) is 5.54 Å². The van der Waals surface area contributed by atoms with Crippen molar-refractivity contribution in [3.05, 3.63) is 29.8 Å². The number of benzene rings is 1. The Morgan fingerprint density at radius 2 is 2.05 bits per heavy atom. The summed E-state index contributed by atoms with van der Waals surface area (Å²) in [5.41, 5.74) is 7.43. The number of nitrogens with one attached hydrogen (secondary N) is 1. The zero-order valence-corrected chi connectivity index (χ0v) is 13.0. The molecule has 1 fully saturated rings. The number of aryl methyl sites for hydroxylation is 1. The Bertz CT molecular complexity index is 509. The minimum Gasteiger partial charge on any atom is -0.371 e. The highest BCUT2D eigenvalue weighted by Crippen LogP contribution is 2.45. The minimum absolute atomic E-state index is 0.128. The normalized spacial score (nSPS) is 28.9. The van der Waals surface area contributed by atoms with Crippen molar-refractivity contribution in [2.75, 3.05) is 5.32 Å². The Morgan fingerprint density at radius 1 is 1.35 bits per heavy atom. The number of amides is 1. The second-order valence-electron chi connectivity index (χ2n) is 7.30. The maximum atomic E-state index is 12.2. The molecule has 1 amide bonds. The average Bonchev–Trinajstić information content (AvgIpc) is 2.25. The van der Waals surface area contributed by atoms with Gasteiger partial charge >= 0.3 is 0 Å². The van der Waals surface area contributed by atoms with Gasteiger partial charge < -0.3 is 11.1 Å². The molecule has 1 aliphatic rings. The fraction of sp³-hybridized carbons (Fsp3) is 0.588. The Labute approximate surface area is 121 Å². The monoisotopic (exact) mass is 274 g/mol. The summed E-state index contributed by atoms with van der Waals surface area (Å²) in [6, 6.07) is 8.13. The van der Waals surface area contributed by atoms with Crippen LogP contribution in [0, 0.1) is 18.3 Å². The molecule has 2 unspecified atom stereocenters. The fourth-order valence-corrected chi connectivity index (χ4v) is 3.92. The van der Waals surface area contributed by atoms with Crippen LogP contribution in [0.3, 0.4) is 0 Å². The van der Waals surface area contributed by atoms with Gasteiger partial charge in [0.15, 0.2) is 0 Å². The highest BCUT2D eigenvalue weighted by molar-refractivity contribution is 5.88. The number of primary amides is 1. The van der Waals surface area contributed by atoms with Crippen molar-refractivity contribution >= 4 is 11.6 Å². The first kappa shape index (κ1) is 14.9. The number of carbonyl (C=O) groups is 1. The lowest BCUT2D eigenvalue weighted by atomic mass is 9.64. The molecule has 0 bridgehead atoms. The molecule has 2 atom stereocenters. The Hall–Kier alpha value is -1.51. The molecule has 2 rings (SSSR count). The zero-order valence-electron chi connectivity index (χ0n) is 13.0. The largest absolute Gasteiger partial charge is 0.371 e. The van der Waals surface area contributed by atoms with Crippen LogP contribution in [0.4, 0.5) is 5.69 Å². The second-order valence-corrected chi connectivity index (χ2v) is 7.30. The van der Waals surface area contributed by atoms with Crippen molar-refractivity contribution in [3.63, 3.8) is 0 Å². The third-order valence-electron chi connectivity index (χ3n) is 4.25. The van der Waals surface area contributed by atoms with Gasteiger partial charge in [-0.25, -0.2) is 0 Å². The lowest BCUT2D eigenvalue weighted by Crippen LogP contribution is -2.56. The van der Waals surface area contributed by atoms with Crippen LogP contribution in [0.15, 0.2) is 24.3 Å². The predicted octanol–water partition coefficient (Wildman–Crippen LogP) is 3.48. The van der Waals surface area contributed by atoms with E-state index >= 15 is 0 Å². The lowest BCUT2D eigenvalue weighted by Gasteiger charge is -2.46. The number of hydrogen-bond acceptors (Lipinski definition) is 2. The maximum Gasteiger partial charge on any atom is 0.243 e. The number of rotatable bonds is 3.